The number of halogens is 2. The van der Waals surface area contributed by atoms with Crippen molar-refractivity contribution in [2.75, 3.05) is 11.4 Å². The predicted octanol–water partition coefficient (Wildman–Crippen LogP) is 3.46. The minimum Gasteiger partial charge on any atom is -0.369 e. The molecule has 5 heteroatoms. The first-order valence-electron chi connectivity index (χ1n) is 6.25. The fourth-order valence-corrected chi connectivity index (χ4v) is 2.82. The molecule has 1 heterocycles. The highest BCUT2D eigenvalue weighted by Gasteiger charge is 2.29. The summed E-state index contributed by atoms with van der Waals surface area (Å²) in [4.78, 5) is 6.16. The zero-order chi connectivity index (χ0) is 14.1. The van der Waals surface area contributed by atoms with Crippen LogP contribution in [-0.4, -0.2) is 12.5 Å². The molecule has 0 spiro atoms. The van der Waals surface area contributed by atoms with E-state index in [4.69, 9.17) is 5.73 Å². The van der Waals surface area contributed by atoms with Crippen LogP contribution in [-0.2, 0) is 0 Å². The largest absolute Gasteiger partial charge is 0.369 e. The Morgan fingerprint density at radius 1 is 1.20 bits per heavy atom. The smallest absolute Gasteiger partial charge is 0.196 e. The Kier molecular flexibility index (Phi) is 3.44. The summed E-state index contributed by atoms with van der Waals surface area (Å²) in [5.41, 5.74) is 7.78. The van der Waals surface area contributed by atoms with Gasteiger partial charge in [-0.15, -0.1) is 0 Å². The molecule has 0 fully saturated rings. The van der Waals surface area contributed by atoms with Crippen molar-refractivity contribution >= 4 is 27.6 Å². The van der Waals surface area contributed by atoms with Crippen LogP contribution in [0.3, 0.4) is 0 Å². The molecule has 0 bridgehead atoms. The zero-order valence-corrected chi connectivity index (χ0v) is 12.2. The van der Waals surface area contributed by atoms with Gasteiger partial charge in [0.1, 0.15) is 5.82 Å². The second-order valence-corrected chi connectivity index (χ2v) is 5.54. The standard InChI is InChI=1S/C15H13BrFN3/c16-11-4-1-3-10(7-11)14-9-19-15(18)20(14)13-6-2-5-12(17)8-13/h1-8,14H,9H2,(H2,18,19). The van der Waals surface area contributed by atoms with Gasteiger partial charge in [-0.1, -0.05) is 34.1 Å². The summed E-state index contributed by atoms with van der Waals surface area (Å²) in [6, 6.07) is 14.4. The van der Waals surface area contributed by atoms with Gasteiger partial charge < -0.3 is 10.6 Å². The third kappa shape index (κ3) is 2.41. The average molecular weight is 334 g/mol. The maximum atomic E-state index is 13.4. The lowest BCUT2D eigenvalue weighted by Crippen LogP contribution is -2.36. The van der Waals surface area contributed by atoms with Crippen LogP contribution < -0.4 is 10.6 Å². The number of aliphatic imine (C=N–C) groups is 1. The summed E-state index contributed by atoms with van der Waals surface area (Å²) in [6.07, 6.45) is 0. The van der Waals surface area contributed by atoms with Crippen molar-refractivity contribution < 1.29 is 4.39 Å². The first-order valence-corrected chi connectivity index (χ1v) is 7.04. The van der Waals surface area contributed by atoms with Gasteiger partial charge >= 0.3 is 0 Å². The van der Waals surface area contributed by atoms with Gasteiger partial charge in [-0.2, -0.15) is 0 Å². The van der Waals surface area contributed by atoms with Crippen molar-refractivity contribution in [2.24, 2.45) is 10.7 Å². The number of anilines is 1. The van der Waals surface area contributed by atoms with E-state index in [9.17, 15) is 4.39 Å². The van der Waals surface area contributed by atoms with Gasteiger partial charge in [-0.25, -0.2) is 4.39 Å². The summed E-state index contributed by atoms with van der Waals surface area (Å²) in [5.74, 6) is 0.135. The maximum absolute atomic E-state index is 13.4. The average Bonchev–Trinajstić information content (AvgIpc) is 2.80. The summed E-state index contributed by atoms with van der Waals surface area (Å²) in [6.45, 7) is 0.568. The molecule has 1 unspecified atom stereocenters. The SMILES string of the molecule is NC1=NCC(c2cccc(Br)c2)N1c1cccc(F)c1. The Morgan fingerprint density at radius 2 is 2.00 bits per heavy atom. The van der Waals surface area contributed by atoms with Crippen molar-refractivity contribution in [2.45, 2.75) is 6.04 Å². The molecule has 3 nitrogen and oxygen atoms in total. The lowest BCUT2D eigenvalue weighted by Gasteiger charge is -2.26. The highest BCUT2D eigenvalue weighted by Crippen LogP contribution is 2.32. The number of hydrogen-bond donors (Lipinski definition) is 1. The Bertz CT molecular complexity index is 672. The second kappa shape index (κ2) is 5.25. The summed E-state index contributed by atoms with van der Waals surface area (Å²) in [7, 11) is 0. The minimum absolute atomic E-state index is 0.00528. The third-order valence-electron chi connectivity index (χ3n) is 3.30. The predicted molar refractivity (Wildman–Crippen MR) is 82.3 cm³/mol. The quantitative estimate of drug-likeness (QED) is 0.914. The van der Waals surface area contributed by atoms with Crippen molar-refractivity contribution in [3.8, 4) is 0 Å². The molecule has 3 rings (SSSR count). The molecule has 102 valence electrons. The van der Waals surface area contributed by atoms with E-state index in [0.717, 1.165) is 10.0 Å². The topological polar surface area (TPSA) is 41.6 Å². The Balaban J connectivity index is 2.00. The second-order valence-electron chi connectivity index (χ2n) is 4.62. The Morgan fingerprint density at radius 3 is 2.75 bits per heavy atom. The third-order valence-corrected chi connectivity index (χ3v) is 3.80. The molecule has 20 heavy (non-hydrogen) atoms. The van der Waals surface area contributed by atoms with Crippen LogP contribution in [0.25, 0.3) is 0 Å². The van der Waals surface area contributed by atoms with E-state index in [2.05, 4.69) is 20.9 Å². The lowest BCUT2D eigenvalue weighted by atomic mass is 10.1. The summed E-state index contributed by atoms with van der Waals surface area (Å²) < 4.78 is 14.4. The Hall–Kier alpha value is -1.88. The van der Waals surface area contributed by atoms with Crippen LogP contribution in [0.4, 0.5) is 10.1 Å². The van der Waals surface area contributed by atoms with E-state index in [1.165, 1.54) is 12.1 Å². The minimum atomic E-state index is -0.282. The molecule has 0 amide bonds. The summed E-state index contributed by atoms with van der Waals surface area (Å²) >= 11 is 3.46. The van der Waals surface area contributed by atoms with Crippen LogP contribution in [0.2, 0.25) is 0 Å². The molecule has 0 saturated carbocycles. The van der Waals surface area contributed by atoms with Gasteiger partial charge in [-0.05, 0) is 35.9 Å². The molecule has 2 aromatic carbocycles. The van der Waals surface area contributed by atoms with Crippen LogP contribution in [0, 0.1) is 5.82 Å². The van der Waals surface area contributed by atoms with Gasteiger partial charge in [0.25, 0.3) is 0 Å². The van der Waals surface area contributed by atoms with E-state index >= 15 is 0 Å². The number of rotatable bonds is 2. The van der Waals surface area contributed by atoms with E-state index in [-0.39, 0.29) is 11.9 Å². The highest BCUT2D eigenvalue weighted by atomic mass is 79.9. The molecule has 1 aliphatic heterocycles. The fraction of sp³-hybridized carbons (Fsp3) is 0.133. The first kappa shape index (κ1) is 13.1. The van der Waals surface area contributed by atoms with Gasteiger partial charge in [0, 0.05) is 10.2 Å². The molecule has 0 saturated heterocycles. The van der Waals surface area contributed by atoms with Crippen molar-refractivity contribution in [3.05, 3.63) is 64.4 Å². The molecule has 0 radical (unpaired) electrons. The van der Waals surface area contributed by atoms with E-state index in [1.807, 2.05) is 35.2 Å². The number of hydrogen-bond acceptors (Lipinski definition) is 3. The van der Waals surface area contributed by atoms with Crippen LogP contribution in [0.1, 0.15) is 11.6 Å². The molecule has 0 aliphatic carbocycles. The van der Waals surface area contributed by atoms with Crippen LogP contribution >= 0.6 is 15.9 Å². The van der Waals surface area contributed by atoms with E-state index in [0.29, 0.717) is 18.2 Å². The van der Waals surface area contributed by atoms with Gasteiger partial charge in [-0.3, -0.25) is 4.99 Å². The monoisotopic (exact) mass is 333 g/mol. The van der Waals surface area contributed by atoms with Gasteiger partial charge in [0.15, 0.2) is 5.96 Å². The summed E-state index contributed by atoms with van der Waals surface area (Å²) in [5, 5.41) is 0. The molecular weight excluding hydrogens is 321 g/mol. The highest BCUT2D eigenvalue weighted by molar-refractivity contribution is 9.10. The van der Waals surface area contributed by atoms with Crippen molar-refractivity contribution in [1.82, 2.24) is 0 Å². The molecule has 2 N–H and O–H groups in total. The number of nitrogens with two attached hydrogens (primary N) is 1. The van der Waals surface area contributed by atoms with Gasteiger partial charge in [0.05, 0.1) is 12.6 Å². The van der Waals surface area contributed by atoms with E-state index in [1.54, 1.807) is 6.07 Å². The van der Waals surface area contributed by atoms with Crippen molar-refractivity contribution in [1.29, 1.82) is 0 Å². The van der Waals surface area contributed by atoms with E-state index < -0.39 is 0 Å². The molecular formula is C15H13BrFN3. The fourth-order valence-electron chi connectivity index (χ4n) is 2.40. The number of benzene rings is 2. The number of nitrogens with zero attached hydrogens (tertiary/aromatic N) is 2. The van der Waals surface area contributed by atoms with Crippen LogP contribution in [0.15, 0.2) is 58.0 Å². The molecule has 2 aromatic rings. The van der Waals surface area contributed by atoms with Crippen LogP contribution in [0.5, 0.6) is 0 Å². The molecule has 1 aliphatic rings. The number of guanidine groups is 1. The zero-order valence-electron chi connectivity index (χ0n) is 10.6. The Labute approximate surface area is 125 Å². The van der Waals surface area contributed by atoms with Gasteiger partial charge in [0.2, 0.25) is 0 Å². The molecule has 1 atom stereocenters. The molecule has 0 aromatic heterocycles. The van der Waals surface area contributed by atoms with Crippen molar-refractivity contribution in [3.63, 3.8) is 0 Å². The first-order chi connectivity index (χ1) is 9.65. The maximum Gasteiger partial charge on any atom is 0.196 e. The normalized spacial score (nSPS) is 18.2. The lowest BCUT2D eigenvalue weighted by molar-refractivity contribution is 0.626.